The lowest BCUT2D eigenvalue weighted by Gasteiger charge is -2.18. The topological polar surface area (TPSA) is 78.9 Å². The van der Waals surface area contributed by atoms with Crippen molar-refractivity contribution in [1.82, 2.24) is 0 Å². The molecule has 0 aliphatic rings. The first-order valence-electron chi connectivity index (χ1n) is 27.6. The maximum absolute atomic E-state index is 12.8. The molecular weight excluding hydrogens is 817 g/mol. The molecule has 6 heteroatoms. The van der Waals surface area contributed by atoms with Crippen molar-refractivity contribution in [1.29, 1.82) is 0 Å². The van der Waals surface area contributed by atoms with Crippen LogP contribution in [0.1, 0.15) is 258 Å². The molecule has 0 aromatic rings. The molecule has 0 fully saturated rings. The number of carbonyl (C=O) groups excluding carboxylic acids is 3. The van der Waals surface area contributed by atoms with Gasteiger partial charge in [0.25, 0.3) is 0 Å². The zero-order valence-electron chi connectivity index (χ0n) is 43.2. The molecule has 0 aliphatic heterocycles. The lowest BCUT2D eigenvalue weighted by molar-refractivity contribution is -0.167. The second-order valence-electron chi connectivity index (χ2n) is 18.1. The van der Waals surface area contributed by atoms with Crippen LogP contribution in [-0.4, -0.2) is 37.2 Å². The Morgan fingerprint density at radius 2 is 0.621 bits per heavy atom. The molecule has 0 saturated carbocycles. The number of carbonyl (C=O) groups is 3. The number of allylic oxidation sites excluding steroid dienone is 14. The minimum absolute atomic E-state index is 0.0936. The van der Waals surface area contributed by atoms with Gasteiger partial charge in [-0.25, -0.2) is 0 Å². The second kappa shape index (κ2) is 54.2. The van der Waals surface area contributed by atoms with E-state index in [0.29, 0.717) is 19.3 Å². The van der Waals surface area contributed by atoms with Crippen LogP contribution in [0.4, 0.5) is 0 Å². The Kier molecular flexibility index (Phi) is 51.4. The first-order chi connectivity index (χ1) is 32.5. The van der Waals surface area contributed by atoms with E-state index in [9.17, 15) is 14.4 Å². The fourth-order valence-electron chi connectivity index (χ4n) is 7.47. The van der Waals surface area contributed by atoms with Gasteiger partial charge < -0.3 is 14.2 Å². The van der Waals surface area contributed by atoms with Crippen molar-refractivity contribution in [2.75, 3.05) is 13.2 Å². The standard InChI is InChI=1S/C60H102O6/c1-4-7-10-13-16-19-22-25-27-29-31-32-35-38-41-44-47-50-53-59(62)65-56-57(55-64-58(61)52-49-46-43-40-37-34-24-21-18-15-12-9-6-3)66-60(63)54-51-48-45-42-39-36-33-30-28-26-23-20-17-14-11-8-5-2/h8,11-12,15,17,20-21,24,26-29,33,36,57H,4-7,9-10,13-14,16,18-19,22-23,25,30-32,34-35,37-56H2,1-3H3/b11-8-,15-12-,20-17-,24-21-,28-26-,29-27-,36-33-. The third kappa shape index (κ3) is 51.6. The second-order valence-corrected chi connectivity index (χ2v) is 18.1. The molecule has 66 heavy (non-hydrogen) atoms. The largest absolute Gasteiger partial charge is 0.462 e. The van der Waals surface area contributed by atoms with E-state index in [0.717, 1.165) is 128 Å². The van der Waals surface area contributed by atoms with E-state index < -0.39 is 6.10 Å². The Morgan fingerprint density at radius 1 is 0.318 bits per heavy atom. The smallest absolute Gasteiger partial charge is 0.306 e. The van der Waals surface area contributed by atoms with E-state index in [1.54, 1.807) is 0 Å². The lowest BCUT2D eigenvalue weighted by Crippen LogP contribution is -2.30. The van der Waals surface area contributed by atoms with E-state index in [1.807, 2.05) is 0 Å². The maximum Gasteiger partial charge on any atom is 0.306 e. The van der Waals surface area contributed by atoms with Crippen LogP contribution in [-0.2, 0) is 28.6 Å². The van der Waals surface area contributed by atoms with Gasteiger partial charge in [-0.2, -0.15) is 0 Å². The summed E-state index contributed by atoms with van der Waals surface area (Å²) in [6.45, 7) is 6.43. The highest BCUT2D eigenvalue weighted by atomic mass is 16.6. The summed E-state index contributed by atoms with van der Waals surface area (Å²) in [7, 11) is 0. The van der Waals surface area contributed by atoms with Crippen molar-refractivity contribution < 1.29 is 28.6 Å². The predicted octanol–water partition coefficient (Wildman–Crippen LogP) is 18.4. The summed E-state index contributed by atoms with van der Waals surface area (Å²) in [5, 5.41) is 0. The van der Waals surface area contributed by atoms with Crippen LogP contribution in [0.3, 0.4) is 0 Å². The van der Waals surface area contributed by atoms with Crippen molar-refractivity contribution in [2.45, 2.75) is 264 Å². The molecule has 1 atom stereocenters. The zero-order valence-corrected chi connectivity index (χ0v) is 43.2. The van der Waals surface area contributed by atoms with Crippen LogP contribution in [0.2, 0.25) is 0 Å². The molecule has 0 rings (SSSR count). The molecule has 0 aliphatic carbocycles. The van der Waals surface area contributed by atoms with E-state index in [2.05, 4.69) is 106 Å². The quantitative estimate of drug-likeness (QED) is 0.0262. The minimum atomic E-state index is -0.797. The van der Waals surface area contributed by atoms with Gasteiger partial charge in [-0.05, 0) is 109 Å². The molecule has 0 aromatic carbocycles. The van der Waals surface area contributed by atoms with Crippen LogP contribution in [0.25, 0.3) is 0 Å². The Balaban J connectivity index is 4.43. The van der Waals surface area contributed by atoms with Crippen LogP contribution < -0.4 is 0 Å². The molecule has 0 N–H and O–H groups in total. The Bertz CT molecular complexity index is 1290. The molecule has 0 bridgehead atoms. The highest BCUT2D eigenvalue weighted by Crippen LogP contribution is 2.14. The summed E-state index contributed by atoms with van der Waals surface area (Å²) >= 11 is 0. The lowest BCUT2D eigenvalue weighted by atomic mass is 10.1. The Morgan fingerprint density at radius 3 is 1.00 bits per heavy atom. The van der Waals surface area contributed by atoms with Gasteiger partial charge in [0.05, 0.1) is 0 Å². The monoisotopic (exact) mass is 919 g/mol. The van der Waals surface area contributed by atoms with Crippen molar-refractivity contribution in [3.63, 3.8) is 0 Å². The van der Waals surface area contributed by atoms with E-state index in [4.69, 9.17) is 14.2 Å². The van der Waals surface area contributed by atoms with Crippen molar-refractivity contribution >= 4 is 17.9 Å². The Hall–Kier alpha value is -3.41. The molecule has 6 nitrogen and oxygen atoms in total. The predicted molar refractivity (Wildman–Crippen MR) is 284 cm³/mol. The SMILES string of the molecule is CC/C=C\C/C=C\C/C=C\C/C=C\CCCCCCC(=O)OC(COC(=O)CCCCCCC/C=C\C/C=C\CCC)COC(=O)CCCCCCCCC/C=C\CCCCCCCCC. The van der Waals surface area contributed by atoms with Gasteiger partial charge >= 0.3 is 17.9 Å². The maximum atomic E-state index is 12.8. The highest BCUT2D eigenvalue weighted by molar-refractivity contribution is 5.71. The fraction of sp³-hybridized carbons (Fsp3) is 0.717. The van der Waals surface area contributed by atoms with Crippen LogP contribution in [0.15, 0.2) is 85.1 Å². The number of ether oxygens (including phenoxy) is 3. The van der Waals surface area contributed by atoms with Gasteiger partial charge in [-0.1, -0.05) is 215 Å². The first kappa shape index (κ1) is 62.6. The van der Waals surface area contributed by atoms with Gasteiger partial charge in [-0.15, -0.1) is 0 Å². The molecule has 0 spiro atoms. The normalized spacial score (nSPS) is 12.7. The number of esters is 3. The van der Waals surface area contributed by atoms with E-state index in [1.165, 1.54) is 89.9 Å². The molecule has 378 valence electrons. The van der Waals surface area contributed by atoms with Gasteiger partial charge in [0.1, 0.15) is 13.2 Å². The van der Waals surface area contributed by atoms with Crippen molar-refractivity contribution in [3.05, 3.63) is 85.1 Å². The average molecular weight is 919 g/mol. The van der Waals surface area contributed by atoms with Crippen LogP contribution in [0.5, 0.6) is 0 Å². The highest BCUT2D eigenvalue weighted by Gasteiger charge is 2.19. The third-order valence-corrected chi connectivity index (χ3v) is 11.6. The van der Waals surface area contributed by atoms with Gasteiger partial charge in [0.15, 0.2) is 6.10 Å². The molecule has 0 aromatic heterocycles. The number of hydrogen-bond donors (Lipinski definition) is 0. The number of rotatable bonds is 49. The van der Waals surface area contributed by atoms with Gasteiger partial charge in [0, 0.05) is 19.3 Å². The van der Waals surface area contributed by atoms with Gasteiger partial charge in [-0.3, -0.25) is 14.4 Å². The summed E-state index contributed by atoms with van der Waals surface area (Å²) in [6, 6.07) is 0. The molecule has 0 amide bonds. The third-order valence-electron chi connectivity index (χ3n) is 11.6. The molecular formula is C60H102O6. The van der Waals surface area contributed by atoms with Crippen LogP contribution >= 0.6 is 0 Å². The summed E-state index contributed by atoms with van der Waals surface area (Å²) < 4.78 is 16.8. The summed E-state index contributed by atoms with van der Waals surface area (Å²) in [5.41, 5.74) is 0. The van der Waals surface area contributed by atoms with Crippen LogP contribution in [0, 0.1) is 0 Å². The number of unbranched alkanes of at least 4 members (excludes halogenated alkanes) is 24. The van der Waals surface area contributed by atoms with E-state index >= 15 is 0 Å². The fourth-order valence-corrected chi connectivity index (χ4v) is 7.47. The summed E-state index contributed by atoms with van der Waals surface area (Å²) in [6.07, 6.45) is 70.0. The first-order valence-corrected chi connectivity index (χ1v) is 27.6. The molecule has 0 heterocycles. The molecule has 0 saturated heterocycles. The van der Waals surface area contributed by atoms with Crippen molar-refractivity contribution in [2.24, 2.45) is 0 Å². The van der Waals surface area contributed by atoms with Gasteiger partial charge in [0.2, 0.25) is 0 Å². The molecule has 1 unspecified atom stereocenters. The minimum Gasteiger partial charge on any atom is -0.462 e. The van der Waals surface area contributed by atoms with E-state index in [-0.39, 0.29) is 31.1 Å². The Labute approximate surface area is 407 Å². The summed E-state index contributed by atoms with van der Waals surface area (Å²) in [5.74, 6) is -0.934. The summed E-state index contributed by atoms with van der Waals surface area (Å²) in [4.78, 5) is 38.1. The average Bonchev–Trinajstić information content (AvgIpc) is 3.31. The zero-order chi connectivity index (χ0) is 47.9. The van der Waals surface area contributed by atoms with Crippen molar-refractivity contribution in [3.8, 4) is 0 Å². The number of hydrogen-bond acceptors (Lipinski definition) is 6. The molecule has 0 radical (unpaired) electrons.